The van der Waals surface area contributed by atoms with Crippen molar-refractivity contribution in [1.29, 1.82) is 0 Å². The van der Waals surface area contributed by atoms with Gasteiger partial charge in [-0.2, -0.15) is 0 Å². The average molecular weight is 204 g/mol. The maximum absolute atomic E-state index is 10.3. The zero-order valence-corrected chi connectivity index (χ0v) is 8.42. The van der Waals surface area contributed by atoms with E-state index in [-0.39, 0.29) is 17.1 Å². The predicted octanol–water partition coefficient (Wildman–Crippen LogP) is 1.50. The minimum absolute atomic E-state index is 0.113. The second-order valence-corrected chi connectivity index (χ2v) is 4.68. The van der Waals surface area contributed by atoms with E-state index in [1.54, 1.807) is 0 Å². The lowest BCUT2D eigenvalue weighted by molar-refractivity contribution is -0.133. The van der Waals surface area contributed by atoms with Crippen molar-refractivity contribution >= 4 is 17.7 Å². The quantitative estimate of drug-likeness (QED) is 0.684. The molecule has 0 bridgehead atoms. The zero-order chi connectivity index (χ0) is 9.68. The van der Waals surface area contributed by atoms with Crippen LogP contribution in [0.4, 0.5) is 0 Å². The standard InChI is InChI=1S/C9H16O3S/c10-7-4-2-1-3-5-8(7)13-6-9(11)12/h7-8,10H,1-6H2,(H,11,12). The highest BCUT2D eigenvalue weighted by Gasteiger charge is 2.22. The fraction of sp³-hybridized carbons (Fsp3) is 0.889. The van der Waals surface area contributed by atoms with E-state index in [0.29, 0.717) is 0 Å². The summed E-state index contributed by atoms with van der Waals surface area (Å²) in [6.45, 7) is 0. The minimum atomic E-state index is -0.790. The van der Waals surface area contributed by atoms with Gasteiger partial charge in [-0.3, -0.25) is 4.79 Å². The fourth-order valence-corrected chi connectivity index (χ4v) is 2.68. The van der Waals surface area contributed by atoms with Gasteiger partial charge in [-0.05, 0) is 12.8 Å². The number of rotatable bonds is 3. The molecule has 2 unspecified atom stereocenters. The molecular weight excluding hydrogens is 188 g/mol. The highest BCUT2D eigenvalue weighted by Crippen LogP contribution is 2.27. The van der Waals surface area contributed by atoms with Gasteiger partial charge in [0.05, 0.1) is 11.9 Å². The first-order valence-electron chi connectivity index (χ1n) is 4.71. The molecule has 0 saturated heterocycles. The first-order valence-corrected chi connectivity index (χ1v) is 5.76. The monoisotopic (exact) mass is 204 g/mol. The number of carboxylic acids is 1. The Kier molecular flexibility index (Phi) is 4.59. The fourth-order valence-electron chi connectivity index (χ4n) is 1.63. The van der Waals surface area contributed by atoms with Gasteiger partial charge in [0.25, 0.3) is 0 Å². The Labute approximate surface area is 82.5 Å². The number of aliphatic hydroxyl groups excluding tert-OH is 1. The number of hydrogen-bond acceptors (Lipinski definition) is 3. The number of aliphatic carboxylic acids is 1. The SMILES string of the molecule is O=C(O)CSC1CCCCCC1O. The Bertz CT molecular complexity index is 172. The van der Waals surface area contributed by atoms with E-state index >= 15 is 0 Å². The molecule has 0 aromatic carbocycles. The maximum Gasteiger partial charge on any atom is 0.313 e. The van der Waals surface area contributed by atoms with Gasteiger partial charge in [-0.25, -0.2) is 0 Å². The Morgan fingerprint density at radius 1 is 1.31 bits per heavy atom. The first-order chi connectivity index (χ1) is 6.20. The van der Waals surface area contributed by atoms with Gasteiger partial charge < -0.3 is 10.2 Å². The lowest BCUT2D eigenvalue weighted by atomic mass is 10.1. The van der Waals surface area contributed by atoms with Crippen LogP contribution in [0.25, 0.3) is 0 Å². The second kappa shape index (κ2) is 5.50. The van der Waals surface area contributed by atoms with Crippen LogP contribution in [0.5, 0.6) is 0 Å². The molecule has 1 rings (SSSR count). The van der Waals surface area contributed by atoms with Gasteiger partial charge in [-0.15, -0.1) is 11.8 Å². The lowest BCUT2D eigenvalue weighted by Gasteiger charge is -2.18. The van der Waals surface area contributed by atoms with Crippen LogP contribution in [0.3, 0.4) is 0 Å². The van der Waals surface area contributed by atoms with Crippen molar-refractivity contribution in [1.82, 2.24) is 0 Å². The van der Waals surface area contributed by atoms with Gasteiger partial charge in [0.2, 0.25) is 0 Å². The summed E-state index contributed by atoms with van der Waals surface area (Å²) in [5.74, 6) is -0.678. The molecule has 0 aromatic rings. The summed E-state index contributed by atoms with van der Waals surface area (Å²) >= 11 is 1.38. The summed E-state index contributed by atoms with van der Waals surface area (Å²) < 4.78 is 0. The van der Waals surface area contributed by atoms with Crippen LogP contribution in [-0.2, 0) is 4.79 Å². The first kappa shape index (κ1) is 10.9. The van der Waals surface area contributed by atoms with E-state index in [4.69, 9.17) is 5.11 Å². The smallest absolute Gasteiger partial charge is 0.313 e. The Balaban J connectivity index is 2.31. The molecule has 76 valence electrons. The number of hydrogen-bond donors (Lipinski definition) is 2. The lowest BCUT2D eigenvalue weighted by Crippen LogP contribution is -2.22. The van der Waals surface area contributed by atoms with E-state index in [1.807, 2.05) is 0 Å². The zero-order valence-electron chi connectivity index (χ0n) is 7.61. The molecule has 2 N–H and O–H groups in total. The molecule has 0 amide bonds. The van der Waals surface area contributed by atoms with Crippen LogP contribution in [0.15, 0.2) is 0 Å². The van der Waals surface area contributed by atoms with Gasteiger partial charge in [0.1, 0.15) is 0 Å². The summed E-state index contributed by atoms with van der Waals surface area (Å²) in [6.07, 6.45) is 4.85. The summed E-state index contributed by atoms with van der Waals surface area (Å²) in [5.41, 5.74) is 0. The summed E-state index contributed by atoms with van der Waals surface area (Å²) in [4.78, 5) is 10.3. The van der Waals surface area contributed by atoms with Crippen molar-refractivity contribution in [2.24, 2.45) is 0 Å². The van der Waals surface area contributed by atoms with E-state index in [1.165, 1.54) is 18.2 Å². The van der Waals surface area contributed by atoms with Crippen LogP contribution in [0, 0.1) is 0 Å². The minimum Gasteiger partial charge on any atom is -0.481 e. The summed E-state index contributed by atoms with van der Waals surface area (Å²) in [7, 11) is 0. The third-order valence-electron chi connectivity index (χ3n) is 2.34. The van der Waals surface area contributed by atoms with Crippen molar-refractivity contribution in [2.45, 2.75) is 43.5 Å². The molecular formula is C9H16O3S. The van der Waals surface area contributed by atoms with Crippen LogP contribution in [0.2, 0.25) is 0 Å². The summed E-state index contributed by atoms with van der Waals surface area (Å²) in [5, 5.41) is 18.3. The van der Waals surface area contributed by atoms with E-state index in [2.05, 4.69) is 0 Å². The van der Waals surface area contributed by atoms with Crippen molar-refractivity contribution in [3.8, 4) is 0 Å². The number of aliphatic hydroxyl groups is 1. The highest BCUT2D eigenvalue weighted by molar-refractivity contribution is 8.00. The molecule has 0 aliphatic heterocycles. The van der Waals surface area contributed by atoms with Gasteiger partial charge in [0.15, 0.2) is 0 Å². The molecule has 0 heterocycles. The molecule has 0 spiro atoms. The van der Waals surface area contributed by atoms with Crippen molar-refractivity contribution in [2.75, 3.05) is 5.75 Å². The second-order valence-electron chi connectivity index (χ2n) is 3.45. The highest BCUT2D eigenvalue weighted by atomic mass is 32.2. The molecule has 1 fully saturated rings. The Hall–Kier alpha value is -0.220. The third kappa shape index (κ3) is 4.00. The van der Waals surface area contributed by atoms with Gasteiger partial charge in [-0.1, -0.05) is 19.3 Å². The summed E-state index contributed by atoms with van der Waals surface area (Å²) in [6, 6.07) is 0. The van der Waals surface area contributed by atoms with Crippen LogP contribution in [0.1, 0.15) is 32.1 Å². The molecule has 4 heteroatoms. The van der Waals surface area contributed by atoms with E-state index in [9.17, 15) is 9.90 Å². The van der Waals surface area contributed by atoms with Gasteiger partial charge >= 0.3 is 5.97 Å². The van der Waals surface area contributed by atoms with Crippen LogP contribution in [-0.4, -0.2) is 33.3 Å². The normalized spacial score (nSPS) is 29.6. The van der Waals surface area contributed by atoms with Crippen molar-refractivity contribution < 1.29 is 15.0 Å². The Morgan fingerprint density at radius 3 is 2.69 bits per heavy atom. The third-order valence-corrected chi connectivity index (χ3v) is 3.73. The van der Waals surface area contributed by atoms with Crippen molar-refractivity contribution in [3.05, 3.63) is 0 Å². The molecule has 3 nitrogen and oxygen atoms in total. The van der Waals surface area contributed by atoms with E-state index < -0.39 is 5.97 Å². The van der Waals surface area contributed by atoms with E-state index in [0.717, 1.165) is 25.7 Å². The topological polar surface area (TPSA) is 57.5 Å². The largest absolute Gasteiger partial charge is 0.481 e. The molecule has 0 radical (unpaired) electrons. The van der Waals surface area contributed by atoms with Gasteiger partial charge in [0, 0.05) is 5.25 Å². The number of carbonyl (C=O) groups is 1. The van der Waals surface area contributed by atoms with Crippen molar-refractivity contribution in [3.63, 3.8) is 0 Å². The average Bonchev–Trinajstić information content (AvgIpc) is 2.27. The van der Waals surface area contributed by atoms with Crippen LogP contribution < -0.4 is 0 Å². The number of carboxylic acid groups (broad SMARTS) is 1. The number of thioether (sulfide) groups is 1. The molecule has 13 heavy (non-hydrogen) atoms. The maximum atomic E-state index is 10.3. The Morgan fingerprint density at radius 2 is 2.00 bits per heavy atom. The molecule has 1 aliphatic carbocycles. The predicted molar refractivity (Wildman–Crippen MR) is 53.0 cm³/mol. The molecule has 2 atom stereocenters. The van der Waals surface area contributed by atoms with Crippen LogP contribution >= 0.6 is 11.8 Å². The molecule has 0 aromatic heterocycles. The molecule has 1 aliphatic rings. The molecule has 1 saturated carbocycles.